The largest absolute Gasteiger partial charge is 0.477 e. The summed E-state index contributed by atoms with van der Waals surface area (Å²) in [7, 11) is 0. The molecule has 28 heavy (non-hydrogen) atoms. The molecular weight excluding hydrogens is 400 g/mol. The number of pyridine rings is 1. The van der Waals surface area contributed by atoms with Gasteiger partial charge in [-0.25, -0.2) is 9.78 Å². The van der Waals surface area contributed by atoms with Gasteiger partial charge in [-0.2, -0.15) is 11.8 Å². The van der Waals surface area contributed by atoms with Crippen molar-refractivity contribution in [1.82, 2.24) is 4.98 Å². The monoisotopic (exact) mass is 424 g/mol. The summed E-state index contributed by atoms with van der Waals surface area (Å²) >= 11 is 7.78. The first-order chi connectivity index (χ1) is 13.3. The van der Waals surface area contributed by atoms with Crippen molar-refractivity contribution >= 4 is 35.0 Å². The Labute approximate surface area is 174 Å². The fraction of sp³-hybridized carbons (Fsp3) is 0.400. The third-order valence-corrected chi connectivity index (χ3v) is 5.13. The van der Waals surface area contributed by atoms with Gasteiger partial charge in [0.15, 0.2) is 0 Å². The van der Waals surface area contributed by atoms with Gasteiger partial charge in [0.25, 0.3) is 0 Å². The number of carbonyl (C=O) groups is 1. The number of carboxylic acids is 1. The zero-order chi connectivity index (χ0) is 20.8. The van der Waals surface area contributed by atoms with Crippen molar-refractivity contribution in [2.45, 2.75) is 27.2 Å². The molecule has 1 aromatic heterocycles. The lowest BCUT2D eigenvalue weighted by molar-refractivity contribution is 0.0693. The summed E-state index contributed by atoms with van der Waals surface area (Å²) in [6.07, 6.45) is 2.82. The third kappa shape index (κ3) is 5.31. The van der Waals surface area contributed by atoms with E-state index < -0.39 is 5.97 Å². The predicted octanol–water partition coefficient (Wildman–Crippen LogP) is 4.66. The van der Waals surface area contributed by atoms with Crippen LogP contribution >= 0.6 is 23.4 Å². The highest BCUT2D eigenvalue weighted by Gasteiger charge is 2.24. The zero-order valence-corrected chi connectivity index (χ0v) is 18.0. The van der Waals surface area contributed by atoms with E-state index in [1.165, 1.54) is 0 Å². The standard InChI is InChI=1S/C20H25ClN2O4S/c1-12-8-15(21)9-13(2)18(12)27-19-17(20(25)26)16(10-14(3)22-19)23(11-24)6-5-7-28-4/h8-10,24H,5-7,11H2,1-4H3,(H,25,26). The molecule has 6 nitrogen and oxygen atoms in total. The van der Waals surface area contributed by atoms with E-state index in [1.54, 1.807) is 41.8 Å². The van der Waals surface area contributed by atoms with E-state index in [4.69, 9.17) is 16.3 Å². The summed E-state index contributed by atoms with van der Waals surface area (Å²) in [6.45, 7) is 5.68. The van der Waals surface area contributed by atoms with Gasteiger partial charge < -0.3 is 19.8 Å². The number of aromatic carboxylic acids is 1. The van der Waals surface area contributed by atoms with Crippen molar-refractivity contribution < 1.29 is 19.7 Å². The Hall–Kier alpha value is -1.96. The molecule has 1 heterocycles. The van der Waals surface area contributed by atoms with Crippen LogP contribution in [0.5, 0.6) is 11.6 Å². The molecule has 0 unspecified atom stereocenters. The normalized spacial score (nSPS) is 10.8. The molecule has 0 fully saturated rings. The number of aliphatic hydroxyl groups excluding tert-OH is 1. The van der Waals surface area contributed by atoms with Crippen molar-refractivity contribution in [3.05, 3.63) is 45.6 Å². The SMILES string of the molecule is CSCCCN(CO)c1cc(C)nc(Oc2c(C)cc(Cl)cc2C)c1C(=O)O. The van der Waals surface area contributed by atoms with Crippen LogP contribution < -0.4 is 9.64 Å². The third-order valence-electron chi connectivity index (χ3n) is 4.22. The Kier molecular flexibility index (Phi) is 7.98. The molecule has 0 radical (unpaired) electrons. The number of anilines is 1. The molecule has 0 atom stereocenters. The van der Waals surface area contributed by atoms with Crippen LogP contribution in [0.2, 0.25) is 5.02 Å². The number of halogens is 1. The average Bonchev–Trinajstić information content (AvgIpc) is 2.61. The molecule has 0 aliphatic heterocycles. The van der Waals surface area contributed by atoms with Gasteiger partial charge in [0, 0.05) is 17.3 Å². The number of carboxylic acid groups (broad SMARTS) is 1. The Morgan fingerprint density at radius 1 is 1.25 bits per heavy atom. The fourth-order valence-corrected chi connectivity index (χ4v) is 3.72. The number of hydrogen-bond acceptors (Lipinski definition) is 6. The van der Waals surface area contributed by atoms with Crippen LogP contribution in [-0.4, -0.2) is 46.5 Å². The van der Waals surface area contributed by atoms with E-state index in [2.05, 4.69) is 4.98 Å². The lowest BCUT2D eigenvalue weighted by atomic mass is 10.1. The summed E-state index contributed by atoms with van der Waals surface area (Å²) in [5.41, 5.74) is 2.48. The number of aryl methyl sites for hydroxylation is 3. The average molecular weight is 425 g/mol. The fourth-order valence-electron chi connectivity index (χ4n) is 2.97. The summed E-state index contributed by atoms with van der Waals surface area (Å²) in [4.78, 5) is 18.0. The summed E-state index contributed by atoms with van der Waals surface area (Å²) in [5.74, 6) is 0.272. The molecule has 0 bridgehead atoms. The smallest absolute Gasteiger partial charge is 0.343 e. The number of benzene rings is 1. The maximum Gasteiger partial charge on any atom is 0.343 e. The Morgan fingerprint density at radius 3 is 2.43 bits per heavy atom. The van der Waals surface area contributed by atoms with Gasteiger partial charge >= 0.3 is 5.97 Å². The molecule has 8 heteroatoms. The lowest BCUT2D eigenvalue weighted by Gasteiger charge is -2.25. The summed E-state index contributed by atoms with van der Waals surface area (Å²) < 4.78 is 5.97. The highest BCUT2D eigenvalue weighted by molar-refractivity contribution is 7.98. The first-order valence-electron chi connectivity index (χ1n) is 8.82. The molecule has 0 saturated heterocycles. The van der Waals surface area contributed by atoms with Crippen molar-refractivity contribution in [1.29, 1.82) is 0 Å². The highest BCUT2D eigenvalue weighted by Crippen LogP contribution is 2.36. The number of thioether (sulfide) groups is 1. The van der Waals surface area contributed by atoms with E-state index in [9.17, 15) is 15.0 Å². The van der Waals surface area contributed by atoms with E-state index in [-0.39, 0.29) is 18.2 Å². The Morgan fingerprint density at radius 2 is 1.89 bits per heavy atom. The second kappa shape index (κ2) is 10.0. The number of nitrogens with zero attached hydrogens (tertiary/aromatic N) is 2. The molecule has 0 saturated carbocycles. The van der Waals surface area contributed by atoms with E-state index in [0.717, 1.165) is 23.3 Å². The Balaban J connectivity index is 2.53. The van der Waals surface area contributed by atoms with E-state index >= 15 is 0 Å². The lowest BCUT2D eigenvalue weighted by Crippen LogP contribution is -2.28. The quantitative estimate of drug-likeness (QED) is 0.447. The maximum atomic E-state index is 12.1. The number of ether oxygens (including phenoxy) is 1. The number of aromatic nitrogens is 1. The molecule has 0 aliphatic rings. The predicted molar refractivity (Wildman–Crippen MR) is 114 cm³/mol. The number of rotatable bonds is 9. The first kappa shape index (κ1) is 22.3. The molecule has 2 aromatic rings. The molecular formula is C20H25ClN2O4S. The molecule has 0 aliphatic carbocycles. The van der Waals surface area contributed by atoms with Gasteiger partial charge in [-0.3, -0.25) is 0 Å². The molecule has 152 valence electrons. The molecule has 2 rings (SSSR count). The molecule has 0 spiro atoms. The number of hydrogen-bond donors (Lipinski definition) is 2. The minimum absolute atomic E-state index is 0.000612. The molecule has 2 N–H and O–H groups in total. The van der Waals surface area contributed by atoms with E-state index in [0.29, 0.717) is 28.7 Å². The highest BCUT2D eigenvalue weighted by atomic mass is 35.5. The van der Waals surface area contributed by atoms with Gasteiger partial charge in [0.1, 0.15) is 18.0 Å². The summed E-state index contributed by atoms with van der Waals surface area (Å²) in [6, 6.07) is 5.17. The van der Waals surface area contributed by atoms with Gasteiger partial charge in [0.2, 0.25) is 5.88 Å². The van der Waals surface area contributed by atoms with Crippen LogP contribution in [0.4, 0.5) is 5.69 Å². The number of aliphatic hydroxyl groups is 1. The van der Waals surface area contributed by atoms with Crippen LogP contribution in [0.25, 0.3) is 0 Å². The van der Waals surface area contributed by atoms with Crippen molar-refractivity contribution in [3.63, 3.8) is 0 Å². The van der Waals surface area contributed by atoms with Gasteiger partial charge in [-0.1, -0.05) is 11.6 Å². The van der Waals surface area contributed by atoms with Crippen molar-refractivity contribution in [3.8, 4) is 11.6 Å². The summed E-state index contributed by atoms with van der Waals surface area (Å²) in [5, 5.41) is 20.3. The van der Waals surface area contributed by atoms with Gasteiger partial charge in [-0.05, 0) is 68.5 Å². The van der Waals surface area contributed by atoms with Crippen LogP contribution in [0.15, 0.2) is 18.2 Å². The van der Waals surface area contributed by atoms with E-state index in [1.807, 2.05) is 20.1 Å². The molecule has 1 aromatic carbocycles. The maximum absolute atomic E-state index is 12.1. The minimum atomic E-state index is -1.16. The van der Waals surface area contributed by atoms with Crippen LogP contribution in [-0.2, 0) is 0 Å². The minimum Gasteiger partial charge on any atom is -0.477 e. The van der Waals surface area contributed by atoms with Crippen molar-refractivity contribution in [2.24, 2.45) is 0 Å². The van der Waals surface area contributed by atoms with Crippen LogP contribution in [0.1, 0.15) is 33.6 Å². The second-order valence-electron chi connectivity index (χ2n) is 6.49. The van der Waals surface area contributed by atoms with Gasteiger partial charge in [-0.15, -0.1) is 0 Å². The molecule has 0 amide bonds. The topological polar surface area (TPSA) is 82.9 Å². The van der Waals surface area contributed by atoms with Gasteiger partial charge in [0.05, 0.1) is 5.69 Å². The zero-order valence-electron chi connectivity index (χ0n) is 16.5. The van der Waals surface area contributed by atoms with Crippen LogP contribution in [0, 0.1) is 20.8 Å². The Bertz CT molecular complexity index is 837. The first-order valence-corrected chi connectivity index (χ1v) is 10.6. The van der Waals surface area contributed by atoms with Crippen molar-refractivity contribution in [2.75, 3.05) is 30.2 Å². The second-order valence-corrected chi connectivity index (χ2v) is 7.91. The van der Waals surface area contributed by atoms with Crippen LogP contribution in [0.3, 0.4) is 0 Å².